The number of aromatic amines is 1. The molecule has 0 saturated carbocycles. The molecule has 1 rings (SSSR count). The van der Waals surface area contributed by atoms with Crippen LogP contribution in [-0.4, -0.2) is 23.2 Å². The number of unbranched alkanes of at least 4 members (excludes halogenated alkanes) is 1. The standard InChI is InChI=1S/C11H16N2O2/c1-3-4-5-12-11(15)10-6-9(7-13-10)8(2)14/h6-7,13H,3-5H2,1-2H3,(H,12,15). The van der Waals surface area contributed by atoms with Crippen LogP contribution in [0.5, 0.6) is 0 Å². The molecule has 4 heteroatoms. The summed E-state index contributed by atoms with van der Waals surface area (Å²) in [4.78, 5) is 25.3. The zero-order chi connectivity index (χ0) is 11.3. The van der Waals surface area contributed by atoms with E-state index in [1.165, 1.54) is 6.92 Å². The van der Waals surface area contributed by atoms with Crippen LogP contribution in [-0.2, 0) is 0 Å². The van der Waals surface area contributed by atoms with E-state index >= 15 is 0 Å². The summed E-state index contributed by atoms with van der Waals surface area (Å²) in [5.41, 5.74) is 0.979. The summed E-state index contributed by atoms with van der Waals surface area (Å²) in [7, 11) is 0. The molecule has 0 saturated heterocycles. The van der Waals surface area contributed by atoms with E-state index in [-0.39, 0.29) is 11.7 Å². The molecule has 1 amide bonds. The van der Waals surface area contributed by atoms with Gasteiger partial charge >= 0.3 is 0 Å². The van der Waals surface area contributed by atoms with Gasteiger partial charge in [-0.15, -0.1) is 0 Å². The average molecular weight is 208 g/mol. The number of amides is 1. The molecule has 0 radical (unpaired) electrons. The molecule has 0 spiro atoms. The molecule has 0 aliphatic heterocycles. The van der Waals surface area contributed by atoms with Gasteiger partial charge in [-0.1, -0.05) is 13.3 Å². The van der Waals surface area contributed by atoms with E-state index in [1.54, 1.807) is 12.3 Å². The fourth-order valence-corrected chi connectivity index (χ4v) is 1.20. The van der Waals surface area contributed by atoms with Crippen molar-refractivity contribution in [2.24, 2.45) is 0 Å². The zero-order valence-electron chi connectivity index (χ0n) is 9.09. The van der Waals surface area contributed by atoms with Crippen molar-refractivity contribution in [1.29, 1.82) is 0 Å². The smallest absolute Gasteiger partial charge is 0.267 e. The molecular formula is C11H16N2O2. The minimum atomic E-state index is -0.157. The second kappa shape index (κ2) is 5.34. The summed E-state index contributed by atoms with van der Waals surface area (Å²) < 4.78 is 0. The molecule has 0 aromatic carbocycles. The van der Waals surface area contributed by atoms with Gasteiger partial charge in [0.1, 0.15) is 5.69 Å². The number of H-pyrrole nitrogens is 1. The second-order valence-electron chi connectivity index (χ2n) is 3.47. The summed E-state index contributed by atoms with van der Waals surface area (Å²) in [6.45, 7) is 4.21. The highest BCUT2D eigenvalue weighted by Gasteiger charge is 2.09. The summed E-state index contributed by atoms with van der Waals surface area (Å²) in [5, 5.41) is 2.77. The highest BCUT2D eigenvalue weighted by molar-refractivity contribution is 5.98. The fourth-order valence-electron chi connectivity index (χ4n) is 1.20. The van der Waals surface area contributed by atoms with Crippen LogP contribution in [0.4, 0.5) is 0 Å². The predicted octanol–water partition coefficient (Wildman–Crippen LogP) is 1.75. The van der Waals surface area contributed by atoms with Gasteiger partial charge in [-0.2, -0.15) is 0 Å². The Kier molecular flexibility index (Phi) is 4.09. The number of Topliss-reactive ketones (excluding diaryl/α,β-unsaturated/α-hetero) is 1. The first-order valence-electron chi connectivity index (χ1n) is 5.12. The molecule has 1 heterocycles. The lowest BCUT2D eigenvalue weighted by Crippen LogP contribution is -2.24. The molecule has 0 atom stereocenters. The fraction of sp³-hybridized carbons (Fsp3) is 0.455. The number of hydrogen-bond acceptors (Lipinski definition) is 2. The summed E-state index contributed by atoms with van der Waals surface area (Å²) in [6, 6.07) is 1.57. The van der Waals surface area contributed by atoms with E-state index in [9.17, 15) is 9.59 Å². The summed E-state index contributed by atoms with van der Waals surface area (Å²) >= 11 is 0. The molecule has 0 aliphatic carbocycles. The van der Waals surface area contributed by atoms with Crippen LogP contribution in [0.15, 0.2) is 12.3 Å². The Morgan fingerprint density at radius 1 is 1.47 bits per heavy atom. The molecule has 15 heavy (non-hydrogen) atoms. The third kappa shape index (κ3) is 3.23. The predicted molar refractivity (Wildman–Crippen MR) is 58.0 cm³/mol. The van der Waals surface area contributed by atoms with Crippen LogP contribution < -0.4 is 5.32 Å². The van der Waals surface area contributed by atoms with Crippen molar-refractivity contribution in [3.05, 3.63) is 23.5 Å². The van der Waals surface area contributed by atoms with Crippen molar-refractivity contribution in [3.8, 4) is 0 Å². The minimum absolute atomic E-state index is 0.0427. The maximum Gasteiger partial charge on any atom is 0.267 e. The third-order valence-corrected chi connectivity index (χ3v) is 2.15. The van der Waals surface area contributed by atoms with Gasteiger partial charge in [-0.3, -0.25) is 9.59 Å². The van der Waals surface area contributed by atoms with Gasteiger partial charge in [-0.25, -0.2) is 0 Å². The van der Waals surface area contributed by atoms with Crippen molar-refractivity contribution in [3.63, 3.8) is 0 Å². The zero-order valence-corrected chi connectivity index (χ0v) is 9.09. The SMILES string of the molecule is CCCCNC(=O)c1cc(C(C)=O)c[nH]1. The second-order valence-corrected chi connectivity index (χ2v) is 3.47. The van der Waals surface area contributed by atoms with Gasteiger partial charge < -0.3 is 10.3 Å². The van der Waals surface area contributed by atoms with Crippen LogP contribution in [0.2, 0.25) is 0 Å². The Hall–Kier alpha value is -1.58. The van der Waals surface area contributed by atoms with Gasteiger partial charge in [-0.05, 0) is 19.4 Å². The molecule has 1 aromatic heterocycles. The molecule has 82 valence electrons. The number of hydrogen-bond donors (Lipinski definition) is 2. The monoisotopic (exact) mass is 208 g/mol. The first kappa shape index (κ1) is 11.5. The Morgan fingerprint density at radius 3 is 2.73 bits per heavy atom. The average Bonchev–Trinajstić information content (AvgIpc) is 2.66. The first-order valence-corrected chi connectivity index (χ1v) is 5.12. The lowest BCUT2D eigenvalue weighted by Gasteiger charge is -2.01. The molecule has 4 nitrogen and oxygen atoms in total. The number of nitrogens with one attached hydrogen (secondary N) is 2. The molecular weight excluding hydrogens is 192 g/mol. The van der Waals surface area contributed by atoms with E-state index in [2.05, 4.69) is 17.2 Å². The summed E-state index contributed by atoms with van der Waals surface area (Å²) in [6.07, 6.45) is 3.56. The minimum Gasteiger partial charge on any atom is -0.356 e. The number of rotatable bonds is 5. The van der Waals surface area contributed by atoms with Crippen LogP contribution in [0.25, 0.3) is 0 Å². The van der Waals surface area contributed by atoms with Crippen molar-refractivity contribution in [2.75, 3.05) is 6.54 Å². The van der Waals surface area contributed by atoms with Crippen LogP contribution >= 0.6 is 0 Å². The lowest BCUT2D eigenvalue weighted by atomic mass is 10.2. The van der Waals surface area contributed by atoms with Gasteiger partial charge in [0.05, 0.1) is 0 Å². The normalized spacial score (nSPS) is 10.0. The summed E-state index contributed by atoms with van der Waals surface area (Å²) in [5.74, 6) is -0.199. The van der Waals surface area contributed by atoms with Crippen LogP contribution in [0.1, 0.15) is 47.5 Å². The van der Waals surface area contributed by atoms with E-state index in [0.29, 0.717) is 17.8 Å². The van der Waals surface area contributed by atoms with Gasteiger partial charge in [0, 0.05) is 18.3 Å². The van der Waals surface area contributed by atoms with E-state index in [4.69, 9.17) is 0 Å². The first-order chi connectivity index (χ1) is 7.15. The Labute approximate surface area is 89.1 Å². The molecule has 1 aromatic rings. The molecule has 0 bridgehead atoms. The van der Waals surface area contributed by atoms with E-state index < -0.39 is 0 Å². The van der Waals surface area contributed by atoms with Gasteiger partial charge in [0.2, 0.25) is 0 Å². The number of ketones is 1. The topological polar surface area (TPSA) is 62.0 Å². The van der Waals surface area contributed by atoms with Crippen LogP contribution in [0.3, 0.4) is 0 Å². The molecule has 2 N–H and O–H groups in total. The van der Waals surface area contributed by atoms with E-state index in [1.807, 2.05) is 0 Å². The van der Waals surface area contributed by atoms with Crippen molar-refractivity contribution in [1.82, 2.24) is 10.3 Å². The molecule has 0 aliphatic rings. The quantitative estimate of drug-likeness (QED) is 0.572. The number of aromatic nitrogens is 1. The van der Waals surface area contributed by atoms with Crippen molar-refractivity contribution in [2.45, 2.75) is 26.7 Å². The Morgan fingerprint density at radius 2 is 2.20 bits per heavy atom. The largest absolute Gasteiger partial charge is 0.356 e. The Bertz CT molecular complexity index is 355. The van der Waals surface area contributed by atoms with Crippen molar-refractivity contribution < 1.29 is 9.59 Å². The van der Waals surface area contributed by atoms with Crippen LogP contribution in [0, 0.1) is 0 Å². The highest BCUT2D eigenvalue weighted by atomic mass is 16.2. The van der Waals surface area contributed by atoms with Gasteiger partial charge in [0.25, 0.3) is 5.91 Å². The Balaban J connectivity index is 2.54. The lowest BCUT2D eigenvalue weighted by molar-refractivity contribution is 0.0948. The maximum absolute atomic E-state index is 11.5. The van der Waals surface area contributed by atoms with Crippen molar-refractivity contribution >= 4 is 11.7 Å². The number of carbonyl (C=O) groups excluding carboxylic acids is 2. The van der Waals surface area contributed by atoms with E-state index in [0.717, 1.165) is 12.8 Å². The third-order valence-electron chi connectivity index (χ3n) is 2.15. The maximum atomic E-state index is 11.5. The van der Waals surface area contributed by atoms with Gasteiger partial charge in [0.15, 0.2) is 5.78 Å². The number of carbonyl (C=O) groups is 2. The highest BCUT2D eigenvalue weighted by Crippen LogP contribution is 2.04. The molecule has 0 fully saturated rings. The molecule has 0 unspecified atom stereocenters.